The second-order valence-corrected chi connectivity index (χ2v) is 5.38. The first-order valence-corrected chi connectivity index (χ1v) is 5.88. The lowest BCUT2D eigenvalue weighted by molar-refractivity contribution is 0.0674. The molecule has 1 atom stereocenters. The molecule has 0 amide bonds. The van der Waals surface area contributed by atoms with E-state index in [4.69, 9.17) is 10.2 Å². The Labute approximate surface area is 93.9 Å². The van der Waals surface area contributed by atoms with E-state index in [2.05, 4.69) is 26.1 Å². The molecule has 0 aromatic carbocycles. The van der Waals surface area contributed by atoms with Crippen LogP contribution in [0.1, 0.15) is 40.5 Å². The Balaban J connectivity index is 3.73. The summed E-state index contributed by atoms with van der Waals surface area (Å²) < 4.78 is 0. The molecule has 0 bridgehead atoms. The zero-order valence-electron chi connectivity index (χ0n) is 10.6. The number of aliphatic hydroxyl groups is 2. The van der Waals surface area contributed by atoms with Gasteiger partial charge in [0.05, 0.1) is 13.2 Å². The lowest BCUT2D eigenvalue weighted by Crippen LogP contribution is -2.41. The van der Waals surface area contributed by atoms with Crippen molar-refractivity contribution in [2.45, 2.75) is 46.6 Å². The summed E-state index contributed by atoms with van der Waals surface area (Å²) in [6.45, 7) is 9.18. The van der Waals surface area contributed by atoms with Gasteiger partial charge in [0, 0.05) is 18.0 Å². The highest BCUT2D eigenvalue weighted by molar-refractivity contribution is 4.76. The highest BCUT2D eigenvalue weighted by Gasteiger charge is 2.22. The van der Waals surface area contributed by atoms with Crippen LogP contribution in [0.5, 0.6) is 0 Å². The minimum atomic E-state index is -0.397. The van der Waals surface area contributed by atoms with Gasteiger partial charge in [0.2, 0.25) is 0 Å². The predicted molar refractivity (Wildman–Crippen MR) is 63.8 cm³/mol. The molecule has 0 spiro atoms. The maximum absolute atomic E-state index is 9.12. The SMILES string of the molecule is CC(C)CCC(C)NCC(C)(CO)CO. The quantitative estimate of drug-likeness (QED) is 0.576. The van der Waals surface area contributed by atoms with Crippen molar-refractivity contribution in [1.82, 2.24) is 5.32 Å². The van der Waals surface area contributed by atoms with Crippen molar-refractivity contribution in [2.75, 3.05) is 19.8 Å². The van der Waals surface area contributed by atoms with Crippen LogP contribution < -0.4 is 5.32 Å². The maximum Gasteiger partial charge on any atom is 0.0518 e. The van der Waals surface area contributed by atoms with Crippen molar-refractivity contribution in [3.05, 3.63) is 0 Å². The van der Waals surface area contributed by atoms with E-state index in [-0.39, 0.29) is 13.2 Å². The van der Waals surface area contributed by atoms with Gasteiger partial charge in [0.1, 0.15) is 0 Å². The molecule has 0 aromatic rings. The maximum atomic E-state index is 9.12. The highest BCUT2D eigenvalue weighted by atomic mass is 16.3. The second-order valence-electron chi connectivity index (χ2n) is 5.38. The second kappa shape index (κ2) is 7.20. The molecule has 0 rings (SSSR count). The van der Waals surface area contributed by atoms with Gasteiger partial charge in [0.15, 0.2) is 0 Å². The van der Waals surface area contributed by atoms with Gasteiger partial charge in [-0.3, -0.25) is 0 Å². The molecule has 0 saturated heterocycles. The summed E-state index contributed by atoms with van der Waals surface area (Å²) in [6, 6.07) is 0.449. The zero-order valence-corrected chi connectivity index (χ0v) is 10.6. The van der Waals surface area contributed by atoms with Crippen LogP contribution in [0.25, 0.3) is 0 Å². The van der Waals surface area contributed by atoms with Crippen molar-refractivity contribution in [1.29, 1.82) is 0 Å². The minimum absolute atomic E-state index is 0.0212. The minimum Gasteiger partial charge on any atom is -0.396 e. The molecule has 3 N–H and O–H groups in total. The first-order chi connectivity index (χ1) is 6.93. The first-order valence-electron chi connectivity index (χ1n) is 5.88. The fourth-order valence-electron chi connectivity index (χ4n) is 1.27. The van der Waals surface area contributed by atoms with E-state index in [1.54, 1.807) is 0 Å². The van der Waals surface area contributed by atoms with E-state index in [0.717, 1.165) is 12.3 Å². The smallest absolute Gasteiger partial charge is 0.0518 e. The fourth-order valence-corrected chi connectivity index (χ4v) is 1.27. The summed E-state index contributed by atoms with van der Waals surface area (Å²) in [7, 11) is 0. The van der Waals surface area contributed by atoms with E-state index in [9.17, 15) is 0 Å². The van der Waals surface area contributed by atoms with Crippen LogP contribution in [0, 0.1) is 11.3 Å². The van der Waals surface area contributed by atoms with Gasteiger partial charge < -0.3 is 15.5 Å². The average molecular weight is 217 g/mol. The van der Waals surface area contributed by atoms with Crippen LogP contribution in [0.2, 0.25) is 0 Å². The van der Waals surface area contributed by atoms with E-state index in [1.807, 2.05) is 6.92 Å². The number of hydrogen-bond donors (Lipinski definition) is 3. The Kier molecular flexibility index (Phi) is 7.14. The molecule has 15 heavy (non-hydrogen) atoms. The molecule has 3 nitrogen and oxygen atoms in total. The van der Waals surface area contributed by atoms with Crippen LogP contribution in [-0.4, -0.2) is 36.0 Å². The average Bonchev–Trinajstić information content (AvgIpc) is 2.23. The number of rotatable bonds is 8. The number of nitrogens with one attached hydrogen (secondary N) is 1. The van der Waals surface area contributed by atoms with E-state index in [0.29, 0.717) is 12.6 Å². The van der Waals surface area contributed by atoms with E-state index < -0.39 is 5.41 Å². The summed E-state index contributed by atoms with van der Waals surface area (Å²) in [4.78, 5) is 0. The summed E-state index contributed by atoms with van der Waals surface area (Å²) in [5.41, 5.74) is -0.397. The molecule has 0 heterocycles. The third kappa shape index (κ3) is 6.88. The van der Waals surface area contributed by atoms with Crippen molar-refractivity contribution < 1.29 is 10.2 Å². The topological polar surface area (TPSA) is 52.5 Å². The Morgan fingerprint density at radius 3 is 2.00 bits per heavy atom. The summed E-state index contributed by atoms with van der Waals surface area (Å²) in [5, 5.41) is 21.6. The first kappa shape index (κ1) is 14.9. The highest BCUT2D eigenvalue weighted by Crippen LogP contribution is 2.13. The standard InChI is InChI=1S/C12H27NO2/c1-10(2)5-6-11(3)13-7-12(4,8-14)9-15/h10-11,13-15H,5-9H2,1-4H3. The van der Waals surface area contributed by atoms with Gasteiger partial charge in [-0.05, 0) is 25.7 Å². The lowest BCUT2D eigenvalue weighted by atomic mass is 9.92. The van der Waals surface area contributed by atoms with Crippen molar-refractivity contribution >= 4 is 0 Å². The molecule has 3 heteroatoms. The van der Waals surface area contributed by atoms with Gasteiger partial charge in [-0.15, -0.1) is 0 Å². The van der Waals surface area contributed by atoms with Crippen LogP contribution >= 0.6 is 0 Å². The normalized spacial score (nSPS) is 14.6. The molecular formula is C12H27NO2. The third-order valence-electron chi connectivity index (χ3n) is 2.82. The fraction of sp³-hybridized carbons (Fsp3) is 1.00. The van der Waals surface area contributed by atoms with Gasteiger partial charge in [0.25, 0.3) is 0 Å². The van der Waals surface area contributed by atoms with Crippen LogP contribution in [0.4, 0.5) is 0 Å². The van der Waals surface area contributed by atoms with Gasteiger partial charge in [-0.25, -0.2) is 0 Å². The molecule has 92 valence electrons. The predicted octanol–water partition coefficient (Wildman–Crippen LogP) is 1.39. The Morgan fingerprint density at radius 1 is 1.07 bits per heavy atom. The molecule has 0 saturated carbocycles. The van der Waals surface area contributed by atoms with Gasteiger partial charge in [-0.2, -0.15) is 0 Å². The molecule has 0 fully saturated rings. The number of hydrogen-bond acceptors (Lipinski definition) is 3. The third-order valence-corrected chi connectivity index (χ3v) is 2.82. The van der Waals surface area contributed by atoms with Crippen molar-refractivity contribution in [3.63, 3.8) is 0 Å². The summed E-state index contributed by atoms with van der Waals surface area (Å²) in [6.07, 6.45) is 2.35. The van der Waals surface area contributed by atoms with E-state index in [1.165, 1.54) is 6.42 Å². The van der Waals surface area contributed by atoms with Crippen molar-refractivity contribution in [2.24, 2.45) is 11.3 Å². The van der Waals surface area contributed by atoms with Crippen LogP contribution in [0.15, 0.2) is 0 Å². The molecule has 1 unspecified atom stereocenters. The molecule has 0 aliphatic carbocycles. The molecule has 0 aliphatic rings. The Morgan fingerprint density at radius 2 is 1.60 bits per heavy atom. The molecule has 0 aromatic heterocycles. The Bertz CT molecular complexity index is 156. The van der Waals surface area contributed by atoms with Crippen molar-refractivity contribution in [3.8, 4) is 0 Å². The van der Waals surface area contributed by atoms with Gasteiger partial charge in [-0.1, -0.05) is 20.8 Å². The summed E-state index contributed by atoms with van der Waals surface area (Å²) in [5.74, 6) is 0.733. The van der Waals surface area contributed by atoms with Gasteiger partial charge >= 0.3 is 0 Å². The largest absolute Gasteiger partial charge is 0.396 e. The Hall–Kier alpha value is -0.120. The molecular weight excluding hydrogens is 190 g/mol. The van der Waals surface area contributed by atoms with Crippen LogP contribution in [-0.2, 0) is 0 Å². The van der Waals surface area contributed by atoms with E-state index >= 15 is 0 Å². The molecule has 0 radical (unpaired) electrons. The zero-order chi connectivity index (χ0) is 11.9. The van der Waals surface area contributed by atoms with Crippen LogP contribution in [0.3, 0.4) is 0 Å². The molecule has 0 aliphatic heterocycles. The monoisotopic (exact) mass is 217 g/mol. The lowest BCUT2D eigenvalue weighted by Gasteiger charge is -2.27. The number of aliphatic hydroxyl groups excluding tert-OH is 2. The summed E-state index contributed by atoms with van der Waals surface area (Å²) >= 11 is 0.